The number of aromatic nitrogens is 1. The van der Waals surface area contributed by atoms with Crippen molar-refractivity contribution in [2.45, 2.75) is 18.9 Å². The Kier molecular flexibility index (Phi) is 5.95. The summed E-state index contributed by atoms with van der Waals surface area (Å²) in [5, 5.41) is 9.21. The summed E-state index contributed by atoms with van der Waals surface area (Å²) in [7, 11) is 0. The Hall–Kier alpha value is -2.75. The molecule has 0 unspecified atom stereocenters. The number of likely N-dealkylation sites (tertiary alicyclic amines) is 1. The van der Waals surface area contributed by atoms with E-state index in [9.17, 15) is 5.11 Å². The summed E-state index contributed by atoms with van der Waals surface area (Å²) in [5.41, 5.74) is 5.65. The normalized spacial score (nSPS) is 17.4. The Morgan fingerprint density at radius 3 is 2.64 bits per heavy atom. The fourth-order valence-corrected chi connectivity index (χ4v) is 3.81. The van der Waals surface area contributed by atoms with E-state index in [2.05, 4.69) is 58.4 Å². The van der Waals surface area contributed by atoms with Crippen molar-refractivity contribution < 1.29 is 5.11 Å². The highest BCUT2D eigenvalue weighted by molar-refractivity contribution is 5.60. The van der Waals surface area contributed by atoms with Crippen LogP contribution in [0.3, 0.4) is 0 Å². The highest BCUT2D eigenvalue weighted by Crippen LogP contribution is 2.29. The molecule has 1 aliphatic heterocycles. The van der Waals surface area contributed by atoms with Gasteiger partial charge in [0.2, 0.25) is 0 Å². The van der Waals surface area contributed by atoms with E-state index in [-0.39, 0.29) is 6.61 Å². The minimum absolute atomic E-state index is 0.0738. The van der Waals surface area contributed by atoms with Crippen molar-refractivity contribution in [3.8, 4) is 11.3 Å². The van der Waals surface area contributed by atoms with Gasteiger partial charge in [-0.05, 0) is 47.7 Å². The van der Waals surface area contributed by atoms with Crippen LogP contribution in [0.2, 0.25) is 0 Å². The van der Waals surface area contributed by atoms with Crippen molar-refractivity contribution in [3.63, 3.8) is 0 Å². The maximum absolute atomic E-state index is 9.21. The third-order valence-corrected chi connectivity index (χ3v) is 5.43. The molecule has 1 fully saturated rings. The van der Waals surface area contributed by atoms with Gasteiger partial charge in [0.15, 0.2) is 0 Å². The molecule has 0 amide bonds. The van der Waals surface area contributed by atoms with Gasteiger partial charge in [0.1, 0.15) is 0 Å². The zero-order valence-corrected chi connectivity index (χ0v) is 16.0. The van der Waals surface area contributed by atoms with Crippen LogP contribution in [-0.2, 0) is 6.61 Å². The van der Waals surface area contributed by atoms with Crippen molar-refractivity contribution >= 4 is 6.08 Å². The van der Waals surface area contributed by atoms with Crippen molar-refractivity contribution in [1.29, 1.82) is 0 Å². The van der Waals surface area contributed by atoms with E-state index in [0.29, 0.717) is 5.92 Å². The van der Waals surface area contributed by atoms with Gasteiger partial charge in [-0.3, -0.25) is 9.88 Å². The Balaban J connectivity index is 1.39. The fraction of sp³-hybridized carbons (Fsp3) is 0.240. The molecule has 0 bridgehead atoms. The molecule has 2 heterocycles. The summed E-state index contributed by atoms with van der Waals surface area (Å²) in [6, 6.07) is 22.8. The number of hydrogen-bond donors (Lipinski definition) is 1. The van der Waals surface area contributed by atoms with Gasteiger partial charge in [-0.15, -0.1) is 0 Å². The molecule has 28 heavy (non-hydrogen) atoms. The number of aliphatic hydroxyl groups is 1. The predicted molar refractivity (Wildman–Crippen MR) is 115 cm³/mol. The Labute approximate surface area is 167 Å². The Morgan fingerprint density at radius 1 is 1.04 bits per heavy atom. The molecular weight excluding hydrogens is 344 g/mol. The summed E-state index contributed by atoms with van der Waals surface area (Å²) in [5.74, 6) is 0.559. The lowest BCUT2D eigenvalue weighted by atomic mass is 9.97. The number of pyridine rings is 1. The van der Waals surface area contributed by atoms with E-state index in [4.69, 9.17) is 0 Å². The molecule has 1 aromatic heterocycles. The van der Waals surface area contributed by atoms with Gasteiger partial charge in [-0.2, -0.15) is 0 Å². The number of aliphatic hydroxyl groups excluding tert-OH is 1. The Bertz CT molecular complexity index is 919. The lowest BCUT2D eigenvalue weighted by Crippen LogP contribution is -2.20. The van der Waals surface area contributed by atoms with Crippen molar-refractivity contribution in [3.05, 3.63) is 95.7 Å². The second kappa shape index (κ2) is 8.96. The van der Waals surface area contributed by atoms with E-state index in [0.717, 1.165) is 36.5 Å². The van der Waals surface area contributed by atoms with E-state index >= 15 is 0 Å². The summed E-state index contributed by atoms with van der Waals surface area (Å²) >= 11 is 0. The third-order valence-electron chi connectivity index (χ3n) is 5.43. The molecule has 0 aliphatic carbocycles. The van der Waals surface area contributed by atoms with E-state index < -0.39 is 0 Å². The topological polar surface area (TPSA) is 36.4 Å². The minimum Gasteiger partial charge on any atom is -0.392 e. The first-order valence-corrected chi connectivity index (χ1v) is 9.92. The van der Waals surface area contributed by atoms with Gasteiger partial charge in [0.25, 0.3) is 0 Å². The van der Waals surface area contributed by atoms with E-state index in [1.165, 1.54) is 17.5 Å². The minimum atomic E-state index is 0.0738. The van der Waals surface area contributed by atoms with Crippen molar-refractivity contribution in [2.75, 3.05) is 19.6 Å². The second-order valence-electron chi connectivity index (χ2n) is 7.39. The quantitative estimate of drug-likeness (QED) is 0.681. The lowest BCUT2D eigenvalue weighted by Gasteiger charge is -2.14. The maximum Gasteiger partial charge on any atom is 0.0704 e. The number of benzene rings is 2. The SMILES string of the molecule is OCc1ccc(-c2cc([C@H]3CCN(C/C=C/c4ccccc4)C3)ccn2)cc1. The molecule has 1 N–H and O–H groups in total. The molecule has 1 saturated heterocycles. The van der Waals surface area contributed by atoms with Crippen LogP contribution < -0.4 is 0 Å². The van der Waals surface area contributed by atoms with E-state index in [1.807, 2.05) is 36.5 Å². The highest BCUT2D eigenvalue weighted by atomic mass is 16.3. The largest absolute Gasteiger partial charge is 0.392 e. The Morgan fingerprint density at radius 2 is 1.86 bits per heavy atom. The molecule has 3 nitrogen and oxygen atoms in total. The molecule has 0 spiro atoms. The first-order valence-electron chi connectivity index (χ1n) is 9.92. The molecule has 142 valence electrons. The standard InChI is InChI=1S/C25H26N2O/c28-19-21-8-10-22(11-9-21)25-17-23(12-14-26-25)24-13-16-27(18-24)15-4-7-20-5-2-1-3-6-20/h1-12,14,17,24,28H,13,15-16,18-19H2/b7-4+/t24-/m0/s1. The lowest BCUT2D eigenvalue weighted by molar-refractivity contribution is 0.282. The number of nitrogens with zero attached hydrogens (tertiary/aromatic N) is 2. The molecule has 1 atom stereocenters. The summed E-state index contributed by atoms with van der Waals surface area (Å²) in [6.45, 7) is 3.29. The van der Waals surface area contributed by atoms with Gasteiger partial charge in [0, 0.05) is 24.8 Å². The summed E-state index contributed by atoms with van der Waals surface area (Å²) in [4.78, 5) is 7.07. The van der Waals surface area contributed by atoms with Crippen LogP contribution in [0, 0.1) is 0 Å². The zero-order valence-electron chi connectivity index (χ0n) is 16.0. The number of hydrogen-bond acceptors (Lipinski definition) is 3. The molecule has 3 aromatic rings. The molecule has 2 aromatic carbocycles. The molecule has 4 rings (SSSR count). The molecule has 3 heteroatoms. The van der Waals surface area contributed by atoms with Crippen LogP contribution in [0.5, 0.6) is 0 Å². The fourth-order valence-electron chi connectivity index (χ4n) is 3.81. The first kappa shape index (κ1) is 18.6. The van der Waals surface area contributed by atoms with Gasteiger partial charge in [-0.25, -0.2) is 0 Å². The van der Waals surface area contributed by atoms with Crippen LogP contribution >= 0.6 is 0 Å². The molecule has 0 saturated carbocycles. The van der Waals surface area contributed by atoms with Crippen LogP contribution in [0.15, 0.2) is 79.0 Å². The maximum atomic E-state index is 9.21. The molecule has 0 radical (unpaired) electrons. The first-order chi connectivity index (χ1) is 13.8. The smallest absolute Gasteiger partial charge is 0.0704 e. The average molecular weight is 370 g/mol. The van der Waals surface area contributed by atoms with Crippen LogP contribution in [0.1, 0.15) is 29.0 Å². The average Bonchev–Trinajstić information content (AvgIpc) is 3.24. The van der Waals surface area contributed by atoms with Gasteiger partial charge < -0.3 is 5.11 Å². The third kappa shape index (κ3) is 4.56. The monoisotopic (exact) mass is 370 g/mol. The van der Waals surface area contributed by atoms with Gasteiger partial charge in [0.05, 0.1) is 12.3 Å². The van der Waals surface area contributed by atoms with Crippen LogP contribution in [0.4, 0.5) is 0 Å². The predicted octanol–water partition coefficient (Wildman–Crippen LogP) is 4.74. The van der Waals surface area contributed by atoms with Crippen LogP contribution in [-0.4, -0.2) is 34.6 Å². The van der Waals surface area contributed by atoms with Crippen molar-refractivity contribution in [2.24, 2.45) is 0 Å². The zero-order chi connectivity index (χ0) is 19.2. The second-order valence-corrected chi connectivity index (χ2v) is 7.39. The number of rotatable bonds is 6. The summed E-state index contributed by atoms with van der Waals surface area (Å²) in [6.07, 6.45) is 7.57. The van der Waals surface area contributed by atoms with Gasteiger partial charge in [-0.1, -0.05) is 66.7 Å². The highest BCUT2D eigenvalue weighted by Gasteiger charge is 2.23. The summed E-state index contributed by atoms with van der Waals surface area (Å²) < 4.78 is 0. The van der Waals surface area contributed by atoms with Gasteiger partial charge >= 0.3 is 0 Å². The van der Waals surface area contributed by atoms with E-state index in [1.54, 1.807) is 0 Å². The van der Waals surface area contributed by atoms with Crippen LogP contribution in [0.25, 0.3) is 17.3 Å². The molecule has 1 aliphatic rings. The molecular formula is C25H26N2O. The van der Waals surface area contributed by atoms with Crippen molar-refractivity contribution in [1.82, 2.24) is 9.88 Å².